The standard InChI is InChI=1S/C34H27ClN4P.ClHO4/c1-26-17-21-28(22-18-26)34-36-37-38-39(34)33(25-27-19-23-29(35)24-20-27)40(30-11-5-2-6-12-30,31-13-7-3-8-14-31)32-15-9-4-10-16-32;2-1(3,4)5/h2-25H,1H3;(H,2,3,4,5)/q+1;/p-1/b33-25+;. The summed E-state index contributed by atoms with van der Waals surface area (Å²) >= 11 is 6.29. The molecule has 0 radical (unpaired) electrons. The van der Waals surface area contributed by atoms with E-state index in [0.717, 1.165) is 16.6 Å². The molecule has 0 spiro atoms. The minimum atomic E-state index is -4.94. The highest BCUT2D eigenvalue weighted by Gasteiger charge is 2.52. The molecule has 11 heteroatoms. The first kappa shape index (κ1) is 32.2. The molecular weight excluding hydrogens is 630 g/mol. The van der Waals surface area contributed by atoms with Crippen molar-refractivity contribution in [2.45, 2.75) is 6.92 Å². The number of hydrogen-bond acceptors (Lipinski definition) is 7. The number of rotatable bonds is 7. The second-order valence-electron chi connectivity index (χ2n) is 9.89. The number of nitrogens with zero attached hydrogens (tertiary/aromatic N) is 4. The monoisotopic (exact) mass is 656 g/mol. The first-order valence-corrected chi connectivity index (χ1v) is 17.1. The fraction of sp³-hybridized carbons (Fsp3) is 0.0294. The number of aryl methyl sites for hydroxylation is 1. The summed E-state index contributed by atoms with van der Waals surface area (Å²) in [6.07, 6.45) is 2.21. The molecule has 226 valence electrons. The van der Waals surface area contributed by atoms with E-state index in [1.54, 1.807) is 0 Å². The lowest BCUT2D eigenvalue weighted by Crippen LogP contribution is -2.68. The van der Waals surface area contributed by atoms with Crippen molar-refractivity contribution in [1.29, 1.82) is 0 Å². The Labute approximate surface area is 268 Å². The van der Waals surface area contributed by atoms with Crippen LogP contribution in [0.4, 0.5) is 0 Å². The van der Waals surface area contributed by atoms with Gasteiger partial charge in [-0.3, -0.25) is 0 Å². The van der Waals surface area contributed by atoms with Crippen LogP contribution in [0.1, 0.15) is 11.1 Å². The Bertz CT molecular complexity index is 1750. The first-order chi connectivity index (χ1) is 21.7. The molecule has 0 saturated heterocycles. The third-order valence-electron chi connectivity index (χ3n) is 6.94. The topological polar surface area (TPSA) is 136 Å². The number of tetrazole rings is 1. The normalized spacial score (nSPS) is 11.9. The van der Waals surface area contributed by atoms with Gasteiger partial charge in [-0.15, -0.1) is 15.3 Å². The molecule has 5 aromatic carbocycles. The second kappa shape index (κ2) is 14.2. The Morgan fingerprint density at radius 3 is 1.56 bits per heavy atom. The molecule has 0 N–H and O–H groups in total. The molecule has 6 rings (SSSR count). The molecule has 1 aromatic heterocycles. The number of hydrogen-bond donors (Lipinski definition) is 0. The summed E-state index contributed by atoms with van der Waals surface area (Å²) in [7, 11) is -7.48. The Kier molecular flexibility index (Phi) is 10.2. The summed E-state index contributed by atoms with van der Waals surface area (Å²) in [6, 6.07) is 48.4. The molecule has 0 atom stereocenters. The summed E-state index contributed by atoms with van der Waals surface area (Å²) < 4.78 is 35.9. The molecule has 1 heterocycles. The van der Waals surface area contributed by atoms with Crippen LogP contribution < -0.4 is 34.5 Å². The zero-order valence-corrected chi connectivity index (χ0v) is 26.4. The lowest BCUT2D eigenvalue weighted by Gasteiger charge is -2.29. The van der Waals surface area contributed by atoms with Gasteiger partial charge in [0, 0.05) is 16.7 Å². The van der Waals surface area contributed by atoms with Crippen molar-refractivity contribution in [3.8, 4) is 11.4 Å². The van der Waals surface area contributed by atoms with Gasteiger partial charge in [0.05, 0.1) is 0 Å². The third kappa shape index (κ3) is 7.71. The van der Waals surface area contributed by atoms with E-state index in [2.05, 4.69) is 144 Å². The van der Waals surface area contributed by atoms with Gasteiger partial charge < -0.3 is 0 Å². The highest BCUT2D eigenvalue weighted by Crippen LogP contribution is 2.65. The summed E-state index contributed by atoms with van der Waals surface area (Å²) in [5.41, 5.74) is 4.14. The van der Waals surface area contributed by atoms with Crippen LogP contribution in [0.2, 0.25) is 5.02 Å². The maximum absolute atomic E-state index is 8.49. The Morgan fingerprint density at radius 1 is 0.667 bits per heavy atom. The van der Waals surface area contributed by atoms with Gasteiger partial charge in [0.2, 0.25) is 5.44 Å². The molecule has 0 bridgehead atoms. The largest absolute Gasteiger partial charge is 0.222 e. The van der Waals surface area contributed by atoms with Crippen molar-refractivity contribution in [3.05, 3.63) is 156 Å². The zero-order valence-electron chi connectivity index (χ0n) is 24.0. The summed E-state index contributed by atoms with van der Waals surface area (Å²) in [4.78, 5) is 0. The molecule has 0 aliphatic rings. The van der Waals surface area contributed by atoms with Gasteiger partial charge in [-0.25, -0.2) is 18.6 Å². The van der Waals surface area contributed by atoms with Crippen molar-refractivity contribution in [3.63, 3.8) is 0 Å². The van der Waals surface area contributed by atoms with Crippen molar-refractivity contribution in [2.24, 2.45) is 0 Å². The summed E-state index contributed by atoms with van der Waals surface area (Å²) in [5.74, 6) is 0.687. The number of halogens is 2. The maximum Gasteiger partial charge on any atom is 0.203 e. The molecular formula is C34H27Cl2N4O4P. The van der Waals surface area contributed by atoms with Gasteiger partial charge in [0.15, 0.2) is 13.1 Å². The number of aromatic nitrogens is 4. The van der Waals surface area contributed by atoms with E-state index < -0.39 is 17.5 Å². The Morgan fingerprint density at radius 2 is 1.11 bits per heavy atom. The van der Waals surface area contributed by atoms with Gasteiger partial charge in [-0.1, -0.05) is 108 Å². The van der Waals surface area contributed by atoms with Crippen LogP contribution >= 0.6 is 18.9 Å². The fourth-order valence-corrected chi connectivity index (χ4v) is 9.46. The van der Waals surface area contributed by atoms with E-state index in [1.807, 2.05) is 28.9 Å². The van der Waals surface area contributed by atoms with Crippen LogP contribution in [-0.2, 0) is 0 Å². The van der Waals surface area contributed by atoms with Gasteiger partial charge >= 0.3 is 0 Å². The average Bonchev–Trinajstić information content (AvgIpc) is 3.53. The van der Waals surface area contributed by atoms with Crippen LogP contribution in [0.15, 0.2) is 140 Å². The van der Waals surface area contributed by atoms with Gasteiger partial charge in [0.1, 0.15) is 15.9 Å². The molecule has 0 saturated carbocycles. The SMILES string of the molecule is Cc1ccc(-c2nnnn2/C(=C\c2ccc(Cl)cc2)[P+](c2ccccc2)(c2ccccc2)c2ccccc2)cc1.[O-][Cl+3]([O-])([O-])[O-]. The Hall–Kier alpha value is -4.24. The van der Waals surface area contributed by atoms with Crippen molar-refractivity contribution in [2.75, 3.05) is 0 Å². The minimum Gasteiger partial charge on any atom is -0.222 e. The highest BCUT2D eigenvalue weighted by atomic mass is 35.7. The van der Waals surface area contributed by atoms with E-state index >= 15 is 0 Å². The molecule has 45 heavy (non-hydrogen) atoms. The van der Waals surface area contributed by atoms with Crippen molar-refractivity contribution >= 4 is 46.3 Å². The average molecular weight is 657 g/mol. The smallest absolute Gasteiger partial charge is 0.203 e. The number of benzene rings is 5. The Balaban J connectivity index is 0.000000743. The van der Waals surface area contributed by atoms with E-state index in [9.17, 15) is 0 Å². The quantitative estimate of drug-likeness (QED) is 0.241. The van der Waals surface area contributed by atoms with Crippen LogP contribution in [-0.4, -0.2) is 20.2 Å². The molecule has 0 unspecified atom stereocenters. The lowest BCUT2D eigenvalue weighted by atomic mass is 10.1. The van der Waals surface area contributed by atoms with E-state index in [1.165, 1.54) is 21.5 Å². The van der Waals surface area contributed by atoms with Crippen molar-refractivity contribution in [1.82, 2.24) is 20.2 Å². The molecule has 0 aliphatic carbocycles. The molecule has 0 amide bonds. The van der Waals surface area contributed by atoms with Crippen molar-refractivity contribution < 1.29 is 28.9 Å². The lowest BCUT2D eigenvalue weighted by molar-refractivity contribution is -2.00. The molecule has 8 nitrogen and oxygen atoms in total. The fourth-order valence-electron chi connectivity index (χ4n) is 5.03. The minimum absolute atomic E-state index is 0.687. The summed E-state index contributed by atoms with van der Waals surface area (Å²) in [5, 5.41) is 17.7. The molecule has 0 aliphatic heterocycles. The zero-order chi connectivity index (χ0) is 31.9. The first-order valence-electron chi connectivity index (χ1n) is 13.7. The van der Waals surface area contributed by atoms with Crippen LogP contribution in [0.5, 0.6) is 0 Å². The van der Waals surface area contributed by atoms with Crippen LogP contribution in [0.25, 0.3) is 22.9 Å². The van der Waals surface area contributed by atoms with Gasteiger partial charge in [-0.05, 0) is 71.4 Å². The van der Waals surface area contributed by atoms with Crippen LogP contribution in [0, 0.1) is 17.2 Å². The van der Waals surface area contributed by atoms with E-state index in [4.69, 9.17) is 30.2 Å². The maximum atomic E-state index is 8.49. The van der Waals surface area contributed by atoms with Crippen LogP contribution in [0.3, 0.4) is 0 Å². The molecule has 6 aromatic rings. The predicted octanol–water partition coefficient (Wildman–Crippen LogP) is 2.50. The second-order valence-corrected chi connectivity index (χ2v) is 14.4. The summed E-state index contributed by atoms with van der Waals surface area (Å²) in [6.45, 7) is 2.08. The third-order valence-corrected chi connectivity index (χ3v) is 11.4. The van der Waals surface area contributed by atoms with E-state index in [-0.39, 0.29) is 0 Å². The predicted molar refractivity (Wildman–Crippen MR) is 169 cm³/mol. The molecule has 0 fully saturated rings. The van der Waals surface area contributed by atoms with Gasteiger partial charge in [0.25, 0.3) is 0 Å². The van der Waals surface area contributed by atoms with Gasteiger partial charge in [-0.2, -0.15) is 4.68 Å². The van der Waals surface area contributed by atoms with E-state index in [0.29, 0.717) is 10.8 Å². The highest BCUT2D eigenvalue weighted by molar-refractivity contribution is 8.03.